The van der Waals surface area contributed by atoms with Crippen molar-refractivity contribution >= 4 is 12.1 Å². The van der Waals surface area contributed by atoms with E-state index in [0.29, 0.717) is 0 Å². The molecule has 3 N–H and O–H groups in total. The maximum absolute atomic E-state index is 11.0. The van der Waals surface area contributed by atoms with Crippen molar-refractivity contribution in [1.29, 1.82) is 0 Å². The van der Waals surface area contributed by atoms with Gasteiger partial charge in [0.05, 0.1) is 31.3 Å². The zero-order chi connectivity index (χ0) is 20.8. The molecular weight excluding hydrogens is 360 g/mol. The normalized spacial score (nSPS) is 18.7. The fourth-order valence-electron chi connectivity index (χ4n) is 3.73. The predicted molar refractivity (Wildman–Crippen MR) is 106 cm³/mol. The Morgan fingerprint density at radius 2 is 1.46 bits per heavy atom. The van der Waals surface area contributed by atoms with Crippen molar-refractivity contribution in [3.63, 3.8) is 0 Å². The van der Waals surface area contributed by atoms with Gasteiger partial charge in [-0.2, -0.15) is 0 Å². The standard InChI is InChI=1S/C12H23N.C9H17NO5/c1-3-7-11(8-4-1)13-12-9-5-2-6-10-12;1-9(2,3)15-8(13)10-4-5-14-6-7(11)12/h11-13H,1-10H2;4-6H2,1-3H3,(H,10,13)(H,11,12). The van der Waals surface area contributed by atoms with Crippen LogP contribution in [0.5, 0.6) is 0 Å². The van der Waals surface area contributed by atoms with E-state index in [-0.39, 0.29) is 13.2 Å². The highest BCUT2D eigenvalue weighted by atomic mass is 16.6. The summed E-state index contributed by atoms with van der Waals surface area (Å²) in [6, 6.07) is 1.99. The van der Waals surface area contributed by atoms with E-state index in [9.17, 15) is 14.7 Å². The molecule has 0 saturated heterocycles. The summed E-state index contributed by atoms with van der Waals surface area (Å²) in [7, 11) is 0. The van der Waals surface area contributed by atoms with E-state index in [1.807, 2.05) is 0 Å². The van der Waals surface area contributed by atoms with Gasteiger partial charge in [0.1, 0.15) is 5.60 Å². The molecule has 0 aliphatic heterocycles. The molecule has 2 aliphatic rings. The van der Waals surface area contributed by atoms with Crippen molar-refractivity contribution < 1.29 is 29.5 Å². The number of hydrogen-bond donors (Lipinski definition) is 2. The summed E-state index contributed by atoms with van der Waals surface area (Å²) in [6.07, 6.45) is 14.4. The van der Waals surface area contributed by atoms with E-state index >= 15 is 0 Å². The third-order valence-corrected chi connectivity index (χ3v) is 4.98. The van der Waals surface area contributed by atoms with Crippen LogP contribution in [0.2, 0.25) is 0 Å². The molecule has 164 valence electrons. The summed E-state index contributed by atoms with van der Waals surface area (Å²) in [5.74, 6) is -1.28. The number of quaternary nitrogens is 1. The maximum Gasteiger partial charge on any atom is 0.407 e. The number of ether oxygens (including phenoxy) is 2. The van der Waals surface area contributed by atoms with Crippen molar-refractivity contribution in [2.24, 2.45) is 0 Å². The van der Waals surface area contributed by atoms with Crippen LogP contribution in [0, 0.1) is 0 Å². The molecule has 2 rings (SSSR count). The Balaban J connectivity index is 0.000000281. The topological polar surface area (TPSA) is 104 Å². The van der Waals surface area contributed by atoms with Crippen LogP contribution in [-0.4, -0.2) is 49.5 Å². The van der Waals surface area contributed by atoms with Crippen LogP contribution in [0.4, 0.5) is 4.79 Å². The Hall–Kier alpha value is -1.34. The number of rotatable bonds is 7. The van der Waals surface area contributed by atoms with Crippen LogP contribution >= 0.6 is 0 Å². The lowest BCUT2D eigenvalue weighted by Gasteiger charge is -2.27. The summed E-state index contributed by atoms with van der Waals surface area (Å²) >= 11 is 0. The van der Waals surface area contributed by atoms with Gasteiger partial charge in [0, 0.05) is 6.54 Å². The molecule has 0 aromatic heterocycles. The maximum atomic E-state index is 11.0. The second-order valence-electron chi connectivity index (χ2n) is 8.84. The molecule has 28 heavy (non-hydrogen) atoms. The smallest absolute Gasteiger partial charge is 0.407 e. The minimum absolute atomic E-state index is 0.104. The molecule has 2 aliphatic carbocycles. The number of carboxylic acid groups (broad SMARTS) is 1. The van der Waals surface area contributed by atoms with Gasteiger partial charge in [-0.25, -0.2) is 4.79 Å². The third-order valence-electron chi connectivity index (χ3n) is 4.98. The molecule has 0 spiro atoms. The first kappa shape index (κ1) is 24.7. The lowest BCUT2D eigenvalue weighted by molar-refractivity contribution is -0.725. The molecule has 1 amide bonds. The summed E-state index contributed by atoms with van der Waals surface area (Å²) in [5, 5.41) is 15.1. The van der Waals surface area contributed by atoms with Crippen LogP contribution in [0.25, 0.3) is 0 Å². The number of nitrogens with two attached hydrogens (primary N) is 1. The molecule has 0 atom stereocenters. The molecule has 0 aromatic rings. The Morgan fingerprint density at radius 1 is 0.964 bits per heavy atom. The van der Waals surface area contributed by atoms with E-state index in [0.717, 1.165) is 12.1 Å². The average molecular weight is 401 g/mol. The first-order valence-corrected chi connectivity index (χ1v) is 10.9. The second-order valence-corrected chi connectivity index (χ2v) is 8.84. The Bertz CT molecular complexity index is 423. The molecule has 0 aromatic carbocycles. The first-order chi connectivity index (χ1) is 13.3. The summed E-state index contributed by atoms with van der Waals surface area (Å²) in [5.41, 5.74) is -0.546. The lowest BCUT2D eigenvalue weighted by Crippen LogP contribution is -2.95. The predicted octanol–water partition coefficient (Wildman–Crippen LogP) is 1.49. The van der Waals surface area contributed by atoms with Gasteiger partial charge in [-0.3, -0.25) is 0 Å². The van der Waals surface area contributed by atoms with Gasteiger partial charge in [0.25, 0.3) is 0 Å². The van der Waals surface area contributed by atoms with E-state index in [2.05, 4.69) is 15.4 Å². The quantitative estimate of drug-likeness (QED) is 0.630. The summed E-state index contributed by atoms with van der Waals surface area (Å²) in [6.45, 7) is 5.07. The number of aliphatic carboxylic acids is 1. The van der Waals surface area contributed by atoms with Crippen molar-refractivity contribution in [3.8, 4) is 0 Å². The van der Waals surface area contributed by atoms with Crippen molar-refractivity contribution in [3.05, 3.63) is 0 Å². The van der Waals surface area contributed by atoms with Gasteiger partial charge in [-0.15, -0.1) is 0 Å². The first-order valence-electron chi connectivity index (χ1n) is 10.9. The van der Waals surface area contributed by atoms with Crippen LogP contribution < -0.4 is 15.7 Å². The number of hydrogen-bond acceptors (Lipinski definition) is 5. The highest BCUT2D eigenvalue weighted by Crippen LogP contribution is 2.18. The number of amides is 1. The summed E-state index contributed by atoms with van der Waals surface area (Å²) in [4.78, 5) is 21.0. The number of carbonyl (C=O) groups is 2. The molecule has 0 bridgehead atoms. The third kappa shape index (κ3) is 13.8. The Morgan fingerprint density at radius 3 is 1.89 bits per heavy atom. The second kappa shape index (κ2) is 13.8. The van der Waals surface area contributed by atoms with Gasteiger partial charge in [0.15, 0.2) is 0 Å². The van der Waals surface area contributed by atoms with Crippen LogP contribution in [-0.2, 0) is 14.3 Å². The van der Waals surface area contributed by atoms with Crippen molar-refractivity contribution in [2.45, 2.75) is 103 Å². The zero-order valence-corrected chi connectivity index (χ0v) is 18.0. The van der Waals surface area contributed by atoms with Crippen LogP contribution in [0.3, 0.4) is 0 Å². The van der Waals surface area contributed by atoms with E-state index < -0.39 is 24.3 Å². The highest BCUT2D eigenvalue weighted by molar-refractivity contribution is 5.67. The summed E-state index contributed by atoms with van der Waals surface area (Å²) < 4.78 is 9.57. The van der Waals surface area contributed by atoms with Gasteiger partial charge in [-0.05, 0) is 72.1 Å². The Kier molecular flexibility index (Phi) is 12.1. The van der Waals surface area contributed by atoms with Crippen molar-refractivity contribution in [1.82, 2.24) is 5.32 Å². The molecule has 2 saturated carbocycles. The number of alkyl carbamates (subject to hydrolysis) is 1. The molecule has 0 unspecified atom stereocenters. The minimum atomic E-state index is -1.28. The Labute approximate surface area is 169 Å². The molecule has 7 nitrogen and oxygen atoms in total. The van der Waals surface area contributed by atoms with E-state index in [1.165, 1.54) is 64.2 Å². The fourth-order valence-corrected chi connectivity index (χ4v) is 3.73. The lowest BCUT2D eigenvalue weighted by atomic mass is 9.91. The highest BCUT2D eigenvalue weighted by Gasteiger charge is 2.22. The largest absolute Gasteiger partial charge is 0.548 e. The number of nitrogens with one attached hydrogen (secondary N) is 1. The minimum Gasteiger partial charge on any atom is -0.548 e. The van der Waals surface area contributed by atoms with Crippen LogP contribution in [0.15, 0.2) is 0 Å². The van der Waals surface area contributed by atoms with E-state index in [1.54, 1.807) is 20.8 Å². The van der Waals surface area contributed by atoms with Gasteiger partial charge in [0.2, 0.25) is 0 Å². The fraction of sp³-hybridized carbons (Fsp3) is 0.905. The monoisotopic (exact) mass is 400 g/mol. The molecular formula is C21H40N2O5. The zero-order valence-electron chi connectivity index (χ0n) is 18.0. The van der Waals surface area contributed by atoms with Gasteiger partial charge >= 0.3 is 6.09 Å². The number of carbonyl (C=O) groups excluding carboxylic acids is 2. The van der Waals surface area contributed by atoms with E-state index in [4.69, 9.17) is 4.74 Å². The average Bonchev–Trinajstić information content (AvgIpc) is 2.62. The SMILES string of the molecule is C1CCC([NH2+]C2CCCCC2)CC1.CC(C)(C)OC(=O)NCCOCC(=O)[O-]. The molecule has 2 fully saturated rings. The van der Waals surface area contributed by atoms with Crippen LogP contribution in [0.1, 0.15) is 85.0 Å². The molecule has 7 heteroatoms. The van der Waals surface area contributed by atoms with Gasteiger partial charge in [-0.1, -0.05) is 12.8 Å². The van der Waals surface area contributed by atoms with Crippen molar-refractivity contribution in [2.75, 3.05) is 19.8 Å². The van der Waals surface area contributed by atoms with Gasteiger partial charge < -0.3 is 30.0 Å². The molecule has 0 radical (unpaired) electrons. The molecule has 0 heterocycles. The number of carboxylic acids is 1.